The van der Waals surface area contributed by atoms with Gasteiger partial charge in [-0.25, -0.2) is 4.79 Å². The van der Waals surface area contributed by atoms with Gasteiger partial charge in [-0.15, -0.1) is 0 Å². The zero-order valence-corrected chi connectivity index (χ0v) is 14.4. The molecule has 0 unspecified atom stereocenters. The predicted octanol–water partition coefficient (Wildman–Crippen LogP) is -0.228. The van der Waals surface area contributed by atoms with Crippen molar-refractivity contribution in [3.63, 3.8) is 0 Å². The molecule has 0 bridgehead atoms. The average Bonchev–Trinajstić information content (AvgIpc) is 2.54. The van der Waals surface area contributed by atoms with Crippen molar-refractivity contribution in [2.75, 3.05) is 40.3 Å². The Kier molecular flexibility index (Phi) is 8.31. The predicted molar refractivity (Wildman–Crippen MR) is 89.6 cm³/mol. The van der Waals surface area contributed by atoms with Crippen LogP contribution in [0.5, 0.6) is 0 Å². The van der Waals surface area contributed by atoms with E-state index < -0.39 is 5.97 Å². The van der Waals surface area contributed by atoms with Crippen molar-refractivity contribution >= 4 is 11.9 Å². The number of nitrogens with one attached hydrogen (secondary N) is 1. The maximum absolute atomic E-state index is 12.2. The number of amides is 1. The van der Waals surface area contributed by atoms with Gasteiger partial charge in [-0.2, -0.15) is 0 Å². The standard InChI is InChI=1S/C16H26N4O4/c1-4-20(6-5-19(2)3)15(22)10-17-9-13-7-12(16(23)24)8-14(11-21)18-13/h7-8,17,21H,4-6,9-11H2,1-3H3,(H,23,24). The number of aromatic carboxylic acids is 1. The number of carbonyl (C=O) groups excluding carboxylic acids is 1. The number of likely N-dealkylation sites (N-methyl/N-ethyl adjacent to an activating group) is 2. The number of rotatable bonds is 10. The Bertz CT molecular complexity index is 563. The van der Waals surface area contributed by atoms with Crippen LogP contribution in [-0.4, -0.2) is 77.1 Å². The van der Waals surface area contributed by atoms with E-state index in [4.69, 9.17) is 10.2 Å². The number of aliphatic hydroxyl groups excluding tert-OH is 1. The van der Waals surface area contributed by atoms with E-state index in [0.717, 1.165) is 6.54 Å². The highest BCUT2D eigenvalue weighted by molar-refractivity contribution is 5.87. The number of aromatic nitrogens is 1. The van der Waals surface area contributed by atoms with Gasteiger partial charge in [0, 0.05) is 26.2 Å². The largest absolute Gasteiger partial charge is 0.478 e. The minimum absolute atomic E-state index is 0.0175. The van der Waals surface area contributed by atoms with E-state index >= 15 is 0 Å². The van der Waals surface area contributed by atoms with E-state index in [9.17, 15) is 9.59 Å². The molecule has 0 atom stereocenters. The minimum Gasteiger partial charge on any atom is -0.478 e. The third-order valence-electron chi connectivity index (χ3n) is 3.47. The van der Waals surface area contributed by atoms with Gasteiger partial charge in [-0.3, -0.25) is 9.78 Å². The fraction of sp³-hybridized carbons (Fsp3) is 0.562. The van der Waals surface area contributed by atoms with Crippen molar-refractivity contribution in [2.24, 2.45) is 0 Å². The number of carboxylic acids is 1. The summed E-state index contributed by atoms with van der Waals surface area (Å²) in [6.07, 6.45) is 0. The van der Waals surface area contributed by atoms with E-state index in [-0.39, 0.29) is 31.2 Å². The molecule has 0 fully saturated rings. The molecular formula is C16H26N4O4. The molecule has 1 heterocycles. The number of hydrogen-bond acceptors (Lipinski definition) is 6. The normalized spacial score (nSPS) is 10.9. The van der Waals surface area contributed by atoms with Crippen molar-refractivity contribution in [1.29, 1.82) is 0 Å². The second kappa shape index (κ2) is 9.96. The Labute approximate surface area is 142 Å². The highest BCUT2D eigenvalue weighted by Crippen LogP contribution is 2.07. The molecule has 3 N–H and O–H groups in total. The quantitative estimate of drug-likeness (QED) is 0.541. The van der Waals surface area contributed by atoms with Gasteiger partial charge < -0.3 is 25.3 Å². The van der Waals surface area contributed by atoms with Crippen LogP contribution in [0, 0.1) is 0 Å². The summed E-state index contributed by atoms with van der Waals surface area (Å²) in [4.78, 5) is 31.1. The second-order valence-corrected chi connectivity index (χ2v) is 5.68. The zero-order chi connectivity index (χ0) is 18.1. The third kappa shape index (κ3) is 6.61. The first-order chi connectivity index (χ1) is 11.4. The molecule has 0 aliphatic carbocycles. The summed E-state index contributed by atoms with van der Waals surface area (Å²) in [7, 11) is 3.91. The van der Waals surface area contributed by atoms with Crippen LogP contribution in [0.25, 0.3) is 0 Å². The second-order valence-electron chi connectivity index (χ2n) is 5.68. The molecule has 0 saturated heterocycles. The minimum atomic E-state index is -1.08. The lowest BCUT2D eigenvalue weighted by molar-refractivity contribution is -0.130. The van der Waals surface area contributed by atoms with Gasteiger partial charge in [0.25, 0.3) is 0 Å². The number of carboxylic acid groups (broad SMARTS) is 1. The van der Waals surface area contributed by atoms with Crippen LogP contribution in [0.1, 0.15) is 28.7 Å². The summed E-state index contributed by atoms with van der Waals surface area (Å²) >= 11 is 0. The van der Waals surface area contributed by atoms with Crippen molar-refractivity contribution in [3.8, 4) is 0 Å². The monoisotopic (exact) mass is 338 g/mol. The molecule has 1 aromatic rings. The lowest BCUT2D eigenvalue weighted by Gasteiger charge is -2.23. The maximum Gasteiger partial charge on any atom is 0.335 e. The van der Waals surface area contributed by atoms with Crippen LogP contribution in [0.2, 0.25) is 0 Å². The molecule has 0 spiro atoms. The average molecular weight is 338 g/mol. The van der Waals surface area contributed by atoms with Crippen LogP contribution in [0.4, 0.5) is 0 Å². The van der Waals surface area contributed by atoms with Gasteiger partial charge in [0.15, 0.2) is 0 Å². The molecule has 1 amide bonds. The number of carbonyl (C=O) groups is 2. The van der Waals surface area contributed by atoms with Crippen LogP contribution in [0.15, 0.2) is 12.1 Å². The molecule has 24 heavy (non-hydrogen) atoms. The first-order valence-electron chi connectivity index (χ1n) is 7.84. The molecular weight excluding hydrogens is 312 g/mol. The molecule has 8 nitrogen and oxygen atoms in total. The first kappa shape index (κ1) is 20.0. The maximum atomic E-state index is 12.2. The van der Waals surface area contributed by atoms with E-state index in [1.54, 1.807) is 4.90 Å². The van der Waals surface area contributed by atoms with Crippen molar-refractivity contribution < 1.29 is 19.8 Å². The van der Waals surface area contributed by atoms with E-state index in [1.807, 2.05) is 25.9 Å². The molecule has 0 radical (unpaired) electrons. The van der Waals surface area contributed by atoms with Gasteiger partial charge in [0.2, 0.25) is 5.91 Å². The summed E-state index contributed by atoms with van der Waals surface area (Å²) < 4.78 is 0. The lowest BCUT2D eigenvalue weighted by atomic mass is 10.2. The number of hydrogen-bond donors (Lipinski definition) is 3. The van der Waals surface area contributed by atoms with Crippen molar-refractivity contribution in [3.05, 3.63) is 29.1 Å². The smallest absolute Gasteiger partial charge is 0.335 e. The molecule has 134 valence electrons. The molecule has 0 saturated carbocycles. The Morgan fingerprint density at radius 3 is 2.42 bits per heavy atom. The van der Waals surface area contributed by atoms with Gasteiger partial charge in [0.05, 0.1) is 30.1 Å². The van der Waals surface area contributed by atoms with Gasteiger partial charge in [-0.05, 0) is 33.2 Å². The van der Waals surface area contributed by atoms with E-state index in [2.05, 4.69) is 10.3 Å². The molecule has 0 aliphatic rings. The summed E-state index contributed by atoms with van der Waals surface area (Å²) in [5.74, 6) is -1.10. The summed E-state index contributed by atoms with van der Waals surface area (Å²) in [6.45, 7) is 4.09. The summed E-state index contributed by atoms with van der Waals surface area (Å²) in [5, 5.41) is 21.2. The van der Waals surface area contributed by atoms with Gasteiger partial charge in [-0.1, -0.05) is 0 Å². The number of pyridine rings is 1. The van der Waals surface area contributed by atoms with E-state index in [1.165, 1.54) is 12.1 Å². The van der Waals surface area contributed by atoms with Gasteiger partial charge in [0.1, 0.15) is 0 Å². The fourth-order valence-corrected chi connectivity index (χ4v) is 2.13. The number of aliphatic hydroxyl groups is 1. The van der Waals surface area contributed by atoms with E-state index in [0.29, 0.717) is 24.5 Å². The Morgan fingerprint density at radius 1 is 1.21 bits per heavy atom. The zero-order valence-electron chi connectivity index (χ0n) is 14.4. The fourth-order valence-electron chi connectivity index (χ4n) is 2.13. The van der Waals surface area contributed by atoms with Crippen LogP contribution < -0.4 is 5.32 Å². The summed E-state index contributed by atoms with van der Waals surface area (Å²) in [6, 6.07) is 2.76. The van der Waals surface area contributed by atoms with Crippen LogP contribution in [0.3, 0.4) is 0 Å². The molecule has 8 heteroatoms. The lowest BCUT2D eigenvalue weighted by Crippen LogP contribution is -2.41. The highest BCUT2D eigenvalue weighted by Gasteiger charge is 2.12. The SMILES string of the molecule is CCN(CCN(C)C)C(=O)CNCc1cc(C(=O)O)cc(CO)n1. The Hall–Kier alpha value is -2.03. The molecule has 0 aliphatic heterocycles. The molecule has 1 rings (SSSR count). The highest BCUT2D eigenvalue weighted by atomic mass is 16.4. The third-order valence-corrected chi connectivity index (χ3v) is 3.47. The molecule has 0 aromatic carbocycles. The molecule has 1 aromatic heterocycles. The van der Waals surface area contributed by atoms with Crippen LogP contribution >= 0.6 is 0 Å². The van der Waals surface area contributed by atoms with Crippen LogP contribution in [-0.2, 0) is 17.9 Å². The number of nitrogens with zero attached hydrogens (tertiary/aromatic N) is 3. The topological polar surface area (TPSA) is 106 Å². The first-order valence-corrected chi connectivity index (χ1v) is 7.84. The van der Waals surface area contributed by atoms with Crippen molar-refractivity contribution in [1.82, 2.24) is 20.1 Å². The van der Waals surface area contributed by atoms with Crippen molar-refractivity contribution in [2.45, 2.75) is 20.1 Å². The van der Waals surface area contributed by atoms with Gasteiger partial charge >= 0.3 is 5.97 Å². The Balaban J connectivity index is 2.58. The Morgan fingerprint density at radius 2 is 1.88 bits per heavy atom. The summed E-state index contributed by atoms with van der Waals surface area (Å²) in [5.41, 5.74) is 0.834.